The monoisotopic (exact) mass is 551 g/mol. The van der Waals surface area contributed by atoms with Gasteiger partial charge in [0.2, 0.25) is 21.8 Å². The zero-order valence-corrected chi connectivity index (χ0v) is 23.9. The van der Waals surface area contributed by atoms with Crippen LogP contribution in [0.2, 0.25) is 0 Å². The number of nitrogens with zero attached hydrogens (tertiary/aromatic N) is 2. The molecule has 0 aliphatic rings. The molecule has 2 amide bonds. The van der Waals surface area contributed by atoms with Crippen LogP contribution in [0, 0.1) is 6.92 Å². The highest BCUT2D eigenvalue weighted by Gasteiger charge is 2.33. The minimum atomic E-state index is -3.85. The van der Waals surface area contributed by atoms with Crippen molar-refractivity contribution in [3.8, 4) is 5.75 Å². The number of hydrogen-bond donors (Lipinski definition) is 1. The third-order valence-corrected chi connectivity index (χ3v) is 7.30. The molecular weight excluding hydrogens is 514 g/mol. The lowest BCUT2D eigenvalue weighted by Crippen LogP contribution is -2.54. The second-order valence-corrected chi connectivity index (χ2v) is 11.8. The molecule has 0 saturated carbocycles. The highest BCUT2D eigenvalue weighted by atomic mass is 32.2. The van der Waals surface area contributed by atoms with Crippen molar-refractivity contribution in [3.05, 3.63) is 95.6 Å². The lowest BCUT2D eigenvalue weighted by Gasteiger charge is -2.34. The number of methoxy groups -OCH3 is 1. The van der Waals surface area contributed by atoms with Crippen molar-refractivity contribution in [1.82, 2.24) is 10.2 Å². The average Bonchev–Trinajstić information content (AvgIpc) is 2.88. The van der Waals surface area contributed by atoms with Crippen LogP contribution in [0.25, 0.3) is 0 Å². The van der Waals surface area contributed by atoms with Gasteiger partial charge in [0, 0.05) is 25.1 Å². The van der Waals surface area contributed by atoms with Crippen LogP contribution in [0.5, 0.6) is 5.75 Å². The zero-order chi connectivity index (χ0) is 28.6. The summed E-state index contributed by atoms with van der Waals surface area (Å²) in [5, 5.41) is 2.94. The molecule has 0 radical (unpaired) electrons. The maximum Gasteiger partial charge on any atom is 0.244 e. The van der Waals surface area contributed by atoms with Crippen molar-refractivity contribution in [2.75, 3.05) is 24.2 Å². The Kier molecular flexibility index (Phi) is 10.1. The number of hydrogen-bond acceptors (Lipinski definition) is 5. The van der Waals surface area contributed by atoms with Gasteiger partial charge in [0.05, 0.1) is 19.1 Å². The van der Waals surface area contributed by atoms with Crippen LogP contribution < -0.4 is 14.4 Å². The van der Waals surface area contributed by atoms with Crippen molar-refractivity contribution in [2.45, 2.75) is 45.8 Å². The molecule has 3 rings (SSSR count). The van der Waals surface area contributed by atoms with E-state index in [4.69, 9.17) is 4.74 Å². The molecule has 9 heteroatoms. The Labute approximate surface area is 231 Å². The number of amides is 2. The molecule has 8 nitrogen and oxygen atoms in total. The summed E-state index contributed by atoms with van der Waals surface area (Å²) in [6, 6.07) is 22.7. The molecular formula is C30H37N3O5S. The van der Waals surface area contributed by atoms with Crippen LogP contribution >= 0.6 is 0 Å². The van der Waals surface area contributed by atoms with Crippen LogP contribution in [-0.4, -0.2) is 57.1 Å². The Morgan fingerprint density at radius 1 is 0.923 bits per heavy atom. The van der Waals surface area contributed by atoms with Crippen LogP contribution in [-0.2, 0) is 32.6 Å². The average molecular weight is 552 g/mol. The smallest absolute Gasteiger partial charge is 0.244 e. The van der Waals surface area contributed by atoms with Gasteiger partial charge in [-0.15, -0.1) is 0 Å². The van der Waals surface area contributed by atoms with E-state index in [1.807, 2.05) is 75.4 Å². The maximum atomic E-state index is 14.0. The number of anilines is 1. The number of carbonyl (C=O) groups excluding carboxylic acids is 2. The maximum absolute atomic E-state index is 14.0. The summed E-state index contributed by atoms with van der Waals surface area (Å²) in [6.07, 6.45) is 1.33. The van der Waals surface area contributed by atoms with Crippen molar-refractivity contribution in [1.29, 1.82) is 0 Å². The molecule has 39 heavy (non-hydrogen) atoms. The third kappa shape index (κ3) is 8.58. The molecule has 0 heterocycles. The molecule has 0 aliphatic carbocycles. The molecule has 3 aromatic rings. The lowest BCUT2D eigenvalue weighted by atomic mass is 10.0. The molecule has 1 N–H and O–H groups in total. The van der Waals surface area contributed by atoms with Crippen LogP contribution in [0.4, 0.5) is 5.69 Å². The van der Waals surface area contributed by atoms with E-state index >= 15 is 0 Å². The molecule has 3 aromatic carbocycles. The number of sulfonamides is 1. The molecule has 0 saturated heterocycles. The Balaban J connectivity index is 2.06. The number of aryl methyl sites for hydroxylation is 1. The van der Waals surface area contributed by atoms with Gasteiger partial charge in [0.25, 0.3) is 0 Å². The van der Waals surface area contributed by atoms with Gasteiger partial charge in [-0.1, -0.05) is 66.2 Å². The quantitative estimate of drug-likeness (QED) is 0.368. The third-order valence-electron chi connectivity index (χ3n) is 6.16. The Bertz CT molecular complexity index is 1380. The van der Waals surface area contributed by atoms with Crippen LogP contribution in [0.15, 0.2) is 78.9 Å². The van der Waals surface area contributed by atoms with E-state index in [1.165, 1.54) is 12.0 Å². The first kappa shape index (κ1) is 29.7. The second kappa shape index (κ2) is 13.3. The van der Waals surface area contributed by atoms with Gasteiger partial charge in [-0.2, -0.15) is 0 Å². The zero-order valence-electron chi connectivity index (χ0n) is 23.1. The highest BCUT2D eigenvalue weighted by Crippen LogP contribution is 2.24. The molecule has 0 aliphatic heterocycles. The minimum absolute atomic E-state index is 0.138. The van der Waals surface area contributed by atoms with Gasteiger partial charge >= 0.3 is 0 Å². The number of carbonyl (C=O) groups is 2. The van der Waals surface area contributed by atoms with Gasteiger partial charge in [0.15, 0.2) is 0 Å². The van der Waals surface area contributed by atoms with E-state index in [2.05, 4.69) is 5.32 Å². The highest BCUT2D eigenvalue weighted by molar-refractivity contribution is 7.92. The number of nitrogens with one attached hydrogen (secondary N) is 1. The predicted octanol–water partition coefficient (Wildman–Crippen LogP) is 3.93. The van der Waals surface area contributed by atoms with Crippen molar-refractivity contribution in [2.24, 2.45) is 0 Å². The molecule has 0 aromatic heterocycles. The van der Waals surface area contributed by atoms with E-state index in [0.717, 1.165) is 27.3 Å². The van der Waals surface area contributed by atoms with E-state index in [-0.39, 0.29) is 24.9 Å². The van der Waals surface area contributed by atoms with E-state index in [0.29, 0.717) is 11.4 Å². The van der Waals surface area contributed by atoms with E-state index < -0.39 is 28.5 Å². The van der Waals surface area contributed by atoms with Gasteiger partial charge in [-0.25, -0.2) is 8.42 Å². The summed E-state index contributed by atoms with van der Waals surface area (Å²) in [7, 11) is -2.36. The van der Waals surface area contributed by atoms with E-state index in [9.17, 15) is 18.0 Å². The molecule has 1 unspecified atom stereocenters. The lowest BCUT2D eigenvalue weighted by molar-refractivity contribution is -0.140. The summed E-state index contributed by atoms with van der Waals surface area (Å²) in [5.74, 6) is -0.338. The standard InChI is InChI=1S/C30H37N3O5S/c1-22(2)31-30(35)28(18-24-12-7-6-8-13-24)32(20-25-14-9-11-23(3)17-25)29(34)21-33(39(5,36)37)26-15-10-16-27(19-26)38-4/h6-17,19,22,28H,18,20-21H2,1-5H3,(H,31,35). The summed E-state index contributed by atoms with van der Waals surface area (Å²) >= 11 is 0. The van der Waals surface area contributed by atoms with Gasteiger partial charge in [-0.3, -0.25) is 13.9 Å². The van der Waals surface area contributed by atoms with Gasteiger partial charge in [-0.05, 0) is 44.0 Å². The van der Waals surface area contributed by atoms with E-state index in [1.54, 1.807) is 24.3 Å². The topological polar surface area (TPSA) is 96.0 Å². The first-order valence-electron chi connectivity index (χ1n) is 12.8. The SMILES string of the molecule is COc1cccc(N(CC(=O)N(Cc2cccc(C)c2)C(Cc2ccccc2)C(=O)NC(C)C)S(C)(=O)=O)c1. The first-order chi connectivity index (χ1) is 18.5. The predicted molar refractivity (Wildman–Crippen MR) is 154 cm³/mol. The van der Waals surface area contributed by atoms with Crippen LogP contribution in [0.3, 0.4) is 0 Å². The fourth-order valence-electron chi connectivity index (χ4n) is 4.32. The number of rotatable bonds is 12. The number of ether oxygens (including phenoxy) is 1. The van der Waals surface area contributed by atoms with Crippen LogP contribution in [0.1, 0.15) is 30.5 Å². The summed E-state index contributed by atoms with van der Waals surface area (Å²) in [4.78, 5) is 29.1. The Hall–Kier alpha value is -3.85. The molecule has 208 valence electrons. The Morgan fingerprint density at radius 2 is 1.59 bits per heavy atom. The summed E-state index contributed by atoms with van der Waals surface area (Å²) in [6.45, 7) is 5.34. The number of benzene rings is 3. The first-order valence-corrected chi connectivity index (χ1v) is 14.6. The second-order valence-electron chi connectivity index (χ2n) is 9.85. The summed E-state index contributed by atoms with van der Waals surface area (Å²) < 4.78 is 32.0. The summed E-state index contributed by atoms with van der Waals surface area (Å²) in [5.41, 5.74) is 3.04. The van der Waals surface area contributed by atoms with Gasteiger partial charge < -0.3 is 15.0 Å². The van der Waals surface area contributed by atoms with Crippen molar-refractivity contribution in [3.63, 3.8) is 0 Å². The van der Waals surface area contributed by atoms with Gasteiger partial charge in [0.1, 0.15) is 18.3 Å². The largest absolute Gasteiger partial charge is 0.497 e. The van der Waals surface area contributed by atoms with Crippen molar-refractivity contribution >= 4 is 27.5 Å². The molecule has 0 fully saturated rings. The Morgan fingerprint density at radius 3 is 2.21 bits per heavy atom. The normalized spacial score (nSPS) is 12.1. The minimum Gasteiger partial charge on any atom is -0.497 e. The van der Waals surface area contributed by atoms with Crippen molar-refractivity contribution < 1.29 is 22.7 Å². The molecule has 0 bridgehead atoms. The molecule has 1 atom stereocenters. The fourth-order valence-corrected chi connectivity index (χ4v) is 5.16. The molecule has 0 spiro atoms. The fraction of sp³-hybridized carbons (Fsp3) is 0.333.